The summed E-state index contributed by atoms with van der Waals surface area (Å²) >= 11 is 0. The molecule has 92 valence electrons. The van der Waals surface area contributed by atoms with E-state index in [9.17, 15) is 4.79 Å². The molecule has 0 saturated carbocycles. The van der Waals surface area contributed by atoms with E-state index in [2.05, 4.69) is 10.3 Å². The van der Waals surface area contributed by atoms with Crippen LogP contribution in [0.25, 0.3) is 0 Å². The second-order valence-corrected chi connectivity index (χ2v) is 3.76. The van der Waals surface area contributed by atoms with E-state index in [-0.39, 0.29) is 0 Å². The predicted octanol–water partition coefficient (Wildman–Crippen LogP) is 2.67. The molecule has 0 spiro atoms. The number of hydrogen-bond acceptors (Lipinski definition) is 3. The van der Waals surface area contributed by atoms with Crippen LogP contribution >= 0.6 is 0 Å². The summed E-state index contributed by atoms with van der Waals surface area (Å²) in [6.45, 7) is 1.94. The minimum absolute atomic E-state index is 0.591. The zero-order chi connectivity index (χ0) is 13.0. The molecule has 0 aliphatic rings. The van der Waals surface area contributed by atoms with Crippen LogP contribution in [0.2, 0.25) is 0 Å². The lowest BCUT2D eigenvalue weighted by Gasteiger charge is -2.08. The van der Waals surface area contributed by atoms with Crippen molar-refractivity contribution in [1.29, 1.82) is 0 Å². The number of carbonyl (C=O) groups is 1. The molecule has 0 radical (unpaired) electrons. The van der Waals surface area contributed by atoms with Crippen molar-refractivity contribution in [3.05, 3.63) is 48.3 Å². The molecule has 0 unspecified atom stereocenters. The molecule has 3 N–H and O–H groups in total. The lowest BCUT2D eigenvalue weighted by molar-refractivity contribution is 0.259. The van der Waals surface area contributed by atoms with Gasteiger partial charge in [-0.1, -0.05) is 0 Å². The molecule has 0 aliphatic carbocycles. The number of benzene rings is 1. The molecule has 1 aromatic carbocycles. The summed E-state index contributed by atoms with van der Waals surface area (Å²) in [5.74, 6) is 1.37. The first-order chi connectivity index (χ1) is 8.65. The Bertz CT molecular complexity index is 552. The average molecular weight is 243 g/mol. The van der Waals surface area contributed by atoms with Crippen molar-refractivity contribution in [1.82, 2.24) is 4.98 Å². The highest BCUT2D eigenvalue weighted by molar-refractivity contribution is 5.87. The highest BCUT2D eigenvalue weighted by Crippen LogP contribution is 2.24. The maximum absolute atomic E-state index is 10.7. The van der Waals surface area contributed by atoms with E-state index < -0.39 is 6.03 Å². The Morgan fingerprint density at radius 3 is 2.61 bits per heavy atom. The van der Waals surface area contributed by atoms with Gasteiger partial charge in [0.2, 0.25) is 0 Å². The molecule has 18 heavy (non-hydrogen) atoms. The number of hydrogen-bond donors (Lipinski definition) is 2. The van der Waals surface area contributed by atoms with Gasteiger partial charge in [-0.05, 0) is 42.8 Å². The molecule has 0 bridgehead atoms. The van der Waals surface area contributed by atoms with Crippen LogP contribution in [0.15, 0.2) is 42.7 Å². The molecule has 0 saturated heterocycles. The van der Waals surface area contributed by atoms with Gasteiger partial charge in [-0.25, -0.2) is 4.79 Å². The summed E-state index contributed by atoms with van der Waals surface area (Å²) in [6, 6.07) is 8.21. The quantitative estimate of drug-likeness (QED) is 0.870. The third-order valence-corrected chi connectivity index (χ3v) is 2.34. The van der Waals surface area contributed by atoms with Gasteiger partial charge >= 0.3 is 6.03 Å². The molecule has 5 heteroatoms. The smallest absolute Gasteiger partial charge is 0.316 e. The molecule has 1 heterocycles. The van der Waals surface area contributed by atoms with Crippen molar-refractivity contribution >= 4 is 11.7 Å². The van der Waals surface area contributed by atoms with Crippen molar-refractivity contribution in [2.24, 2.45) is 5.73 Å². The number of nitrogens with one attached hydrogen (secondary N) is 1. The maximum Gasteiger partial charge on any atom is 0.316 e. The number of amides is 2. The third-order valence-electron chi connectivity index (χ3n) is 2.34. The number of nitrogens with zero attached hydrogens (tertiary/aromatic N) is 1. The molecule has 0 aliphatic heterocycles. The van der Waals surface area contributed by atoms with Gasteiger partial charge in [0.25, 0.3) is 0 Å². The Balaban J connectivity index is 2.11. The van der Waals surface area contributed by atoms with Crippen molar-refractivity contribution in [3.63, 3.8) is 0 Å². The van der Waals surface area contributed by atoms with Crippen molar-refractivity contribution < 1.29 is 9.53 Å². The fourth-order valence-electron chi connectivity index (χ4n) is 1.43. The normalized spacial score (nSPS) is 9.83. The van der Waals surface area contributed by atoms with Gasteiger partial charge in [-0.3, -0.25) is 4.98 Å². The van der Waals surface area contributed by atoms with E-state index in [4.69, 9.17) is 10.5 Å². The average Bonchev–Trinajstić information content (AvgIpc) is 2.34. The Kier molecular flexibility index (Phi) is 3.43. The lowest BCUT2D eigenvalue weighted by atomic mass is 10.2. The van der Waals surface area contributed by atoms with E-state index in [1.165, 1.54) is 0 Å². The van der Waals surface area contributed by atoms with E-state index >= 15 is 0 Å². The molecule has 1 aromatic heterocycles. The summed E-state index contributed by atoms with van der Waals surface area (Å²) < 4.78 is 5.66. The van der Waals surface area contributed by atoms with Gasteiger partial charge in [0.15, 0.2) is 0 Å². The van der Waals surface area contributed by atoms with E-state index in [1.807, 2.05) is 13.0 Å². The topological polar surface area (TPSA) is 77.2 Å². The first kappa shape index (κ1) is 11.9. The molecule has 2 amide bonds. The zero-order valence-electron chi connectivity index (χ0n) is 9.88. The van der Waals surface area contributed by atoms with Crippen LogP contribution in [0.4, 0.5) is 10.5 Å². The molecule has 0 atom stereocenters. The summed E-state index contributed by atoms with van der Waals surface area (Å²) in [6.07, 6.45) is 3.37. The van der Waals surface area contributed by atoms with Crippen molar-refractivity contribution in [2.45, 2.75) is 6.92 Å². The Morgan fingerprint density at radius 2 is 2.00 bits per heavy atom. The van der Waals surface area contributed by atoms with E-state index in [0.29, 0.717) is 17.2 Å². The first-order valence-corrected chi connectivity index (χ1v) is 5.40. The second-order valence-electron chi connectivity index (χ2n) is 3.76. The van der Waals surface area contributed by atoms with E-state index in [1.54, 1.807) is 36.7 Å². The fourth-order valence-corrected chi connectivity index (χ4v) is 1.43. The SMILES string of the molecule is Cc1ccncc1Oc1ccc(NC(N)=O)cc1. The Labute approximate surface area is 105 Å². The van der Waals surface area contributed by atoms with Crippen molar-refractivity contribution in [3.8, 4) is 11.5 Å². The molecular formula is C13H13N3O2. The Morgan fingerprint density at radius 1 is 1.28 bits per heavy atom. The summed E-state index contributed by atoms with van der Waals surface area (Å²) in [5.41, 5.74) is 6.64. The van der Waals surface area contributed by atoms with Gasteiger partial charge in [0.1, 0.15) is 11.5 Å². The fraction of sp³-hybridized carbons (Fsp3) is 0.0769. The van der Waals surface area contributed by atoms with Crippen LogP contribution in [0.3, 0.4) is 0 Å². The maximum atomic E-state index is 10.7. The number of aromatic nitrogens is 1. The number of primary amides is 1. The first-order valence-electron chi connectivity index (χ1n) is 5.40. The number of urea groups is 1. The number of pyridine rings is 1. The van der Waals surface area contributed by atoms with Crippen LogP contribution in [0.5, 0.6) is 11.5 Å². The van der Waals surface area contributed by atoms with Crippen LogP contribution in [-0.2, 0) is 0 Å². The van der Waals surface area contributed by atoms with Gasteiger partial charge < -0.3 is 15.8 Å². The minimum Gasteiger partial charge on any atom is -0.455 e. The predicted molar refractivity (Wildman–Crippen MR) is 68.7 cm³/mol. The van der Waals surface area contributed by atoms with Gasteiger partial charge in [0.05, 0.1) is 6.20 Å². The summed E-state index contributed by atoms with van der Waals surface area (Å²) in [5, 5.41) is 2.48. The second kappa shape index (κ2) is 5.18. The van der Waals surface area contributed by atoms with Crippen LogP contribution < -0.4 is 15.8 Å². The van der Waals surface area contributed by atoms with Crippen LogP contribution in [-0.4, -0.2) is 11.0 Å². The highest BCUT2D eigenvalue weighted by Gasteiger charge is 2.01. The molecule has 2 aromatic rings. The monoisotopic (exact) mass is 243 g/mol. The van der Waals surface area contributed by atoms with Gasteiger partial charge in [-0.2, -0.15) is 0 Å². The number of aryl methyl sites for hydroxylation is 1. The minimum atomic E-state index is -0.591. The van der Waals surface area contributed by atoms with Crippen LogP contribution in [0.1, 0.15) is 5.56 Å². The molecular weight excluding hydrogens is 230 g/mol. The largest absolute Gasteiger partial charge is 0.455 e. The summed E-state index contributed by atoms with van der Waals surface area (Å²) in [7, 11) is 0. The van der Waals surface area contributed by atoms with E-state index in [0.717, 1.165) is 5.56 Å². The number of nitrogens with two attached hydrogens (primary N) is 1. The Hall–Kier alpha value is -2.56. The highest BCUT2D eigenvalue weighted by atomic mass is 16.5. The standard InChI is InChI=1S/C13H13N3O2/c1-9-6-7-15-8-12(9)18-11-4-2-10(3-5-11)16-13(14)17/h2-8H,1H3,(H3,14,16,17). The lowest BCUT2D eigenvalue weighted by Crippen LogP contribution is -2.19. The van der Waals surface area contributed by atoms with Gasteiger partial charge in [-0.15, -0.1) is 0 Å². The van der Waals surface area contributed by atoms with Gasteiger partial charge in [0, 0.05) is 11.9 Å². The number of rotatable bonds is 3. The zero-order valence-corrected chi connectivity index (χ0v) is 9.88. The molecule has 0 fully saturated rings. The summed E-state index contributed by atoms with van der Waals surface area (Å²) in [4.78, 5) is 14.7. The number of ether oxygens (including phenoxy) is 1. The number of carbonyl (C=O) groups excluding carboxylic acids is 1. The van der Waals surface area contributed by atoms with Crippen LogP contribution in [0, 0.1) is 6.92 Å². The molecule has 5 nitrogen and oxygen atoms in total. The number of anilines is 1. The van der Waals surface area contributed by atoms with Crippen molar-refractivity contribution in [2.75, 3.05) is 5.32 Å². The third kappa shape index (κ3) is 2.98. The molecule has 2 rings (SSSR count).